The van der Waals surface area contributed by atoms with Crippen molar-refractivity contribution in [3.05, 3.63) is 16.3 Å². The van der Waals surface area contributed by atoms with Gasteiger partial charge >= 0.3 is 5.69 Å². The van der Waals surface area contributed by atoms with Crippen LogP contribution in [0, 0.1) is 10.1 Å². The summed E-state index contributed by atoms with van der Waals surface area (Å²) in [5.74, 6) is -0.0864. The Morgan fingerprint density at radius 1 is 1.68 bits per heavy atom. The Morgan fingerprint density at radius 3 is 3.11 bits per heavy atom. The maximum absolute atomic E-state index is 10.8. The van der Waals surface area contributed by atoms with Gasteiger partial charge in [-0.25, -0.2) is 4.98 Å². The summed E-state index contributed by atoms with van der Waals surface area (Å²) in [6, 6.07) is 0.471. The number of nitrogens with two attached hydrogens (primary N) is 1. The zero-order valence-electron chi connectivity index (χ0n) is 10.8. The number of nitrogens with zero attached hydrogens (tertiary/aromatic N) is 4. The van der Waals surface area contributed by atoms with Crippen LogP contribution in [0.5, 0.6) is 5.88 Å². The molecule has 0 radical (unpaired) electrons. The van der Waals surface area contributed by atoms with E-state index in [-0.39, 0.29) is 17.5 Å². The number of rotatable bonds is 5. The molecule has 2 heterocycles. The van der Waals surface area contributed by atoms with E-state index in [4.69, 9.17) is 10.5 Å². The van der Waals surface area contributed by atoms with E-state index in [0.717, 1.165) is 25.6 Å². The molecule has 1 saturated heterocycles. The standard InChI is InChI=1S/C11H17N5O3/c1-15-5-2-3-8(15)4-6-19-10-9(16(17)18)7-13-11(12)14-10/h7-8H,2-6H2,1H3,(H2,12,13,14). The molecular formula is C11H17N5O3. The van der Waals surface area contributed by atoms with Gasteiger partial charge in [0.25, 0.3) is 5.88 Å². The smallest absolute Gasteiger partial charge is 0.349 e. The van der Waals surface area contributed by atoms with Crippen LogP contribution in [-0.4, -0.2) is 46.0 Å². The molecule has 8 nitrogen and oxygen atoms in total. The Balaban J connectivity index is 1.95. The van der Waals surface area contributed by atoms with E-state index in [1.165, 1.54) is 6.42 Å². The molecule has 2 rings (SSSR count). The lowest BCUT2D eigenvalue weighted by molar-refractivity contribution is -0.386. The fraction of sp³-hybridized carbons (Fsp3) is 0.636. The molecule has 0 saturated carbocycles. The first-order chi connectivity index (χ1) is 9.08. The topological polar surface area (TPSA) is 107 Å². The second kappa shape index (κ2) is 5.79. The lowest BCUT2D eigenvalue weighted by atomic mass is 10.1. The van der Waals surface area contributed by atoms with Crippen molar-refractivity contribution in [3.63, 3.8) is 0 Å². The third-order valence-electron chi connectivity index (χ3n) is 3.31. The Bertz CT molecular complexity index is 468. The number of likely N-dealkylation sites (tertiary alicyclic amines) is 1. The summed E-state index contributed by atoms with van der Waals surface area (Å²) in [5, 5.41) is 10.8. The highest BCUT2D eigenvalue weighted by Gasteiger charge is 2.22. The summed E-state index contributed by atoms with van der Waals surface area (Å²) in [7, 11) is 2.07. The lowest BCUT2D eigenvalue weighted by Gasteiger charge is -2.18. The van der Waals surface area contributed by atoms with E-state index in [1.54, 1.807) is 0 Å². The van der Waals surface area contributed by atoms with E-state index in [9.17, 15) is 10.1 Å². The van der Waals surface area contributed by atoms with Crippen LogP contribution in [-0.2, 0) is 0 Å². The molecule has 1 aliphatic heterocycles. The van der Waals surface area contributed by atoms with Gasteiger partial charge in [-0.1, -0.05) is 0 Å². The number of ether oxygens (including phenoxy) is 1. The molecule has 1 unspecified atom stereocenters. The van der Waals surface area contributed by atoms with Gasteiger partial charge in [0.1, 0.15) is 6.20 Å². The fourth-order valence-corrected chi connectivity index (χ4v) is 2.24. The molecule has 19 heavy (non-hydrogen) atoms. The monoisotopic (exact) mass is 267 g/mol. The molecular weight excluding hydrogens is 250 g/mol. The molecule has 1 atom stereocenters. The van der Waals surface area contributed by atoms with Crippen LogP contribution in [0.25, 0.3) is 0 Å². The summed E-state index contributed by atoms with van der Waals surface area (Å²) in [5.41, 5.74) is 5.15. The zero-order chi connectivity index (χ0) is 13.8. The molecule has 0 bridgehead atoms. The molecule has 1 aliphatic rings. The number of hydrogen-bond acceptors (Lipinski definition) is 7. The van der Waals surface area contributed by atoms with Gasteiger partial charge in [-0.3, -0.25) is 10.1 Å². The van der Waals surface area contributed by atoms with Crippen molar-refractivity contribution in [3.8, 4) is 5.88 Å². The maximum Gasteiger partial charge on any atom is 0.349 e. The second-order valence-corrected chi connectivity index (χ2v) is 4.59. The van der Waals surface area contributed by atoms with Gasteiger partial charge < -0.3 is 15.4 Å². The van der Waals surface area contributed by atoms with Crippen LogP contribution >= 0.6 is 0 Å². The van der Waals surface area contributed by atoms with E-state index in [2.05, 4.69) is 21.9 Å². The molecule has 0 aromatic carbocycles. The van der Waals surface area contributed by atoms with Gasteiger partial charge in [-0.05, 0) is 32.9 Å². The number of aromatic nitrogens is 2. The van der Waals surface area contributed by atoms with Gasteiger partial charge in [0, 0.05) is 6.04 Å². The SMILES string of the molecule is CN1CCCC1CCOc1nc(N)ncc1[N+](=O)[O-]. The minimum absolute atomic E-state index is 0.0291. The summed E-state index contributed by atoms with van der Waals surface area (Å²) < 4.78 is 5.39. The first kappa shape index (κ1) is 13.5. The van der Waals surface area contributed by atoms with Crippen molar-refractivity contribution in [2.75, 3.05) is 25.9 Å². The highest BCUT2D eigenvalue weighted by molar-refractivity contribution is 5.41. The van der Waals surface area contributed by atoms with Crippen LogP contribution in [0.4, 0.5) is 11.6 Å². The summed E-state index contributed by atoms with van der Waals surface area (Å²) >= 11 is 0. The van der Waals surface area contributed by atoms with Gasteiger partial charge in [0.05, 0.1) is 11.5 Å². The van der Waals surface area contributed by atoms with Crippen LogP contribution in [0.1, 0.15) is 19.3 Å². The van der Waals surface area contributed by atoms with Crippen LogP contribution in [0.15, 0.2) is 6.20 Å². The normalized spacial score (nSPS) is 19.5. The molecule has 1 aromatic rings. The molecule has 104 valence electrons. The van der Waals surface area contributed by atoms with E-state index in [0.29, 0.717) is 12.6 Å². The first-order valence-corrected chi connectivity index (χ1v) is 6.18. The van der Waals surface area contributed by atoms with Gasteiger partial charge in [0.2, 0.25) is 5.95 Å². The summed E-state index contributed by atoms with van der Waals surface area (Å²) in [4.78, 5) is 19.9. The quantitative estimate of drug-likeness (QED) is 0.621. The Labute approximate surface area is 110 Å². The van der Waals surface area contributed by atoms with Crippen molar-refractivity contribution in [2.45, 2.75) is 25.3 Å². The predicted molar refractivity (Wildman–Crippen MR) is 68.9 cm³/mol. The van der Waals surface area contributed by atoms with Crippen LogP contribution in [0.2, 0.25) is 0 Å². The van der Waals surface area contributed by atoms with Crippen molar-refractivity contribution in [1.82, 2.24) is 14.9 Å². The number of nitrogen functional groups attached to an aromatic ring is 1. The van der Waals surface area contributed by atoms with Gasteiger partial charge in [-0.15, -0.1) is 0 Å². The van der Waals surface area contributed by atoms with E-state index < -0.39 is 4.92 Å². The summed E-state index contributed by atoms with van der Waals surface area (Å²) in [6.07, 6.45) is 4.20. The third-order valence-corrected chi connectivity index (χ3v) is 3.31. The van der Waals surface area contributed by atoms with Crippen LogP contribution < -0.4 is 10.5 Å². The van der Waals surface area contributed by atoms with Crippen molar-refractivity contribution >= 4 is 11.6 Å². The molecule has 2 N–H and O–H groups in total. The molecule has 0 aliphatic carbocycles. The highest BCUT2D eigenvalue weighted by atomic mass is 16.6. The Hall–Kier alpha value is -1.96. The first-order valence-electron chi connectivity index (χ1n) is 6.18. The fourth-order valence-electron chi connectivity index (χ4n) is 2.24. The number of nitro groups is 1. The number of hydrogen-bond donors (Lipinski definition) is 1. The Kier molecular flexibility index (Phi) is 4.10. The predicted octanol–water partition coefficient (Wildman–Crippen LogP) is 0.830. The highest BCUT2D eigenvalue weighted by Crippen LogP contribution is 2.24. The molecule has 0 amide bonds. The minimum atomic E-state index is -0.573. The lowest BCUT2D eigenvalue weighted by Crippen LogP contribution is -2.26. The third kappa shape index (κ3) is 3.28. The van der Waals surface area contributed by atoms with Crippen LogP contribution in [0.3, 0.4) is 0 Å². The molecule has 8 heteroatoms. The maximum atomic E-state index is 10.8. The van der Waals surface area contributed by atoms with Crippen molar-refractivity contribution in [1.29, 1.82) is 0 Å². The average molecular weight is 267 g/mol. The van der Waals surface area contributed by atoms with Crippen molar-refractivity contribution in [2.24, 2.45) is 0 Å². The van der Waals surface area contributed by atoms with E-state index >= 15 is 0 Å². The molecule has 1 aromatic heterocycles. The minimum Gasteiger partial charge on any atom is -0.473 e. The second-order valence-electron chi connectivity index (χ2n) is 4.59. The number of anilines is 1. The molecule has 0 spiro atoms. The van der Waals surface area contributed by atoms with Crippen molar-refractivity contribution < 1.29 is 9.66 Å². The van der Waals surface area contributed by atoms with E-state index in [1.807, 2.05) is 0 Å². The van der Waals surface area contributed by atoms with Gasteiger partial charge in [-0.2, -0.15) is 4.98 Å². The van der Waals surface area contributed by atoms with Gasteiger partial charge in [0.15, 0.2) is 0 Å². The largest absolute Gasteiger partial charge is 0.473 e. The molecule has 1 fully saturated rings. The Morgan fingerprint density at radius 2 is 2.47 bits per heavy atom. The summed E-state index contributed by atoms with van der Waals surface area (Å²) in [6.45, 7) is 1.47. The average Bonchev–Trinajstić information content (AvgIpc) is 2.75. The zero-order valence-corrected chi connectivity index (χ0v) is 10.8.